The molecule has 0 aliphatic carbocycles. The molecule has 0 bridgehead atoms. The zero-order chi connectivity index (χ0) is 19.8. The van der Waals surface area contributed by atoms with Crippen LogP contribution in [0.15, 0.2) is 59.8 Å². The van der Waals surface area contributed by atoms with Gasteiger partial charge in [-0.2, -0.15) is 0 Å². The van der Waals surface area contributed by atoms with Crippen LogP contribution in [0.5, 0.6) is 0 Å². The molecule has 146 valence electrons. The van der Waals surface area contributed by atoms with E-state index < -0.39 is 0 Å². The Bertz CT molecular complexity index is 900. The lowest BCUT2D eigenvalue weighted by Crippen LogP contribution is -2.26. The summed E-state index contributed by atoms with van der Waals surface area (Å²) in [5, 5.41) is 12.9. The van der Waals surface area contributed by atoms with Crippen LogP contribution in [-0.4, -0.2) is 46.7 Å². The summed E-state index contributed by atoms with van der Waals surface area (Å²) in [7, 11) is 1.65. The Morgan fingerprint density at radius 1 is 1.14 bits per heavy atom. The number of hydrogen-bond donors (Lipinski definition) is 1. The molecule has 3 aromatic rings. The summed E-state index contributed by atoms with van der Waals surface area (Å²) in [6.07, 6.45) is 0.786. The number of aromatic nitrogens is 3. The fourth-order valence-electron chi connectivity index (χ4n) is 2.58. The fraction of sp³-hybridized carbons (Fsp3) is 0.250. The minimum Gasteiger partial charge on any atom is -0.385 e. The second-order valence-corrected chi connectivity index (χ2v) is 7.35. The first-order chi connectivity index (χ1) is 13.7. The van der Waals surface area contributed by atoms with E-state index in [1.54, 1.807) is 7.11 Å². The van der Waals surface area contributed by atoms with Crippen molar-refractivity contribution in [1.82, 2.24) is 20.1 Å². The molecule has 0 saturated carbocycles. The highest BCUT2D eigenvalue weighted by Gasteiger charge is 2.17. The first-order valence-corrected chi connectivity index (χ1v) is 10.2. The molecule has 0 unspecified atom stereocenters. The van der Waals surface area contributed by atoms with E-state index in [1.165, 1.54) is 11.8 Å². The van der Waals surface area contributed by atoms with Gasteiger partial charge in [0.05, 0.1) is 5.75 Å². The molecule has 0 saturated heterocycles. The largest absolute Gasteiger partial charge is 0.385 e. The number of amides is 1. The Hall–Kier alpha value is -2.35. The van der Waals surface area contributed by atoms with Crippen molar-refractivity contribution in [2.75, 3.05) is 26.0 Å². The molecule has 0 aliphatic heterocycles. The number of halogens is 1. The van der Waals surface area contributed by atoms with Gasteiger partial charge in [-0.15, -0.1) is 10.2 Å². The van der Waals surface area contributed by atoms with Gasteiger partial charge in [0.2, 0.25) is 5.91 Å². The lowest BCUT2D eigenvalue weighted by molar-refractivity contribution is -0.118. The van der Waals surface area contributed by atoms with Gasteiger partial charge in [-0.05, 0) is 42.8 Å². The normalized spacial score (nSPS) is 10.8. The minimum atomic E-state index is -0.0447. The standard InChI is InChI=1S/C20H21ClN4O2S/c1-27-13-5-12-22-18(26)14-28-20-24-23-19(15-8-10-16(21)11-9-15)25(20)17-6-3-2-4-7-17/h2-4,6-11H,5,12-14H2,1H3,(H,22,26). The predicted octanol–water partition coefficient (Wildman–Crippen LogP) is 3.83. The molecule has 0 atom stereocenters. The van der Waals surface area contributed by atoms with Gasteiger partial charge in [0.15, 0.2) is 11.0 Å². The fourth-order valence-corrected chi connectivity index (χ4v) is 3.49. The van der Waals surface area contributed by atoms with E-state index >= 15 is 0 Å². The third-order valence-corrected chi connectivity index (χ3v) is 5.11. The van der Waals surface area contributed by atoms with Crippen molar-refractivity contribution in [3.63, 3.8) is 0 Å². The topological polar surface area (TPSA) is 69.0 Å². The SMILES string of the molecule is COCCCNC(=O)CSc1nnc(-c2ccc(Cl)cc2)n1-c1ccccc1. The van der Waals surface area contributed by atoms with Crippen LogP contribution in [0, 0.1) is 0 Å². The number of benzene rings is 2. The van der Waals surface area contributed by atoms with E-state index in [4.69, 9.17) is 16.3 Å². The quantitative estimate of drug-likeness (QED) is 0.424. The van der Waals surface area contributed by atoms with Crippen LogP contribution >= 0.6 is 23.4 Å². The maximum Gasteiger partial charge on any atom is 0.230 e. The van der Waals surface area contributed by atoms with E-state index in [0.717, 1.165) is 17.7 Å². The highest BCUT2D eigenvalue weighted by Crippen LogP contribution is 2.28. The summed E-state index contributed by atoms with van der Waals surface area (Å²) >= 11 is 7.36. The Labute approximate surface area is 173 Å². The Morgan fingerprint density at radius 2 is 1.89 bits per heavy atom. The van der Waals surface area contributed by atoms with Gasteiger partial charge in [0.1, 0.15) is 0 Å². The third-order valence-electron chi connectivity index (χ3n) is 3.93. The van der Waals surface area contributed by atoms with E-state index in [-0.39, 0.29) is 11.7 Å². The molecule has 2 aromatic carbocycles. The van der Waals surface area contributed by atoms with Crippen molar-refractivity contribution in [3.8, 4) is 17.1 Å². The van der Waals surface area contributed by atoms with E-state index in [2.05, 4.69) is 15.5 Å². The van der Waals surface area contributed by atoms with Gasteiger partial charge in [0, 0.05) is 36.5 Å². The number of carbonyl (C=O) groups excluding carboxylic acids is 1. The number of thioether (sulfide) groups is 1. The molecule has 28 heavy (non-hydrogen) atoms. The third kappa shape index (κ3) is 5.34. The molecule has 0 radical (unpaired) electrons. The number of rotatable bonds is 9. The summed E-state index contributed by atoms with van der Waals surface area (Å²) in [5.74, 6) is 0.918. The van der Waals surface area contributed by atoms with Crippen molar-refractivity contribution >= 4 is 29.3 Å². The Balaban J connectivity index is 1.79. The van der Waals surface area contributed by atoms with E-state index in [9.17, 15) is 4.79 Å². The number of hydrogen-bond acceptors (Lipinski definition) is 5. The molecule has 0 spiro atoms. The monoisotopic (exact) mass is 416 g/mol. The van der Waals surface area contributed by atoms with Crippen LogP contribution in [0.25, 0.3) is 17.1 Å². The summed E-state index contributed by atoms with van der Waals surface area (Å²) < 4.78 is 6.93. The molecule has 0 aliphatic rings. The Morgan fingerprint density at radius 3 is 2.61 bits per heavy atom. The molecule has 3 rings (SSSR count). The molecule has 0 fully saturated rings. The minimum absolute atomic E-state index is 0.0447. The molecule has 1 aromatic heterocycles. The van der Waals surface area contributed by atoms with E-state index in [1.807, 2.05) is 59.2 Å². The van der Waals surface area contributed by atoms with Gasteiger partial charge in [-0.25, -0.2) is 0 Å². The molecule has 1 N–H and O–H groups in total. The van der Waals surface area contributed by atoms with Crippen molar-refractivity contribution in [2.24, 2.45) is 0 Å². The predicted molar refractivity (Wildman–Crippen MR) is 112 cm³/mol. The number of para-hydroxylation sites is 1. The van der Waals surface area contributed by atoms with E-state index in [0.29, 0.717) is 29.2 Å². The number of methoxy groups -OCH3 is 1. The highest BCUT2D eigenvalue weighted by molar-refractivity contribution is 7.99. The van der Waals surface area contributed by atoms with Gasteiger partial charge >= 0.3 is 0 Å². The van der Waals surface area contributed by atoms with Gasteiger partial charge in [-0.3, -0.25) is 9.36 Å². The maximum atomic E-state index is 12.1. The van der Waals surface area contributed by atoms with Gasteiger partial charge in [0.25, 0.3) is 0 Å². The van der Waals surface area contributed by atoms with Crippen molar-refractivity contribution in [2.45, 2.75) is 11.6 Å². The summed E-state index contributed by atoms with van der Waals surface area (Å²) in [4.78, 5) is 12.1. The van der Waals surface area contributed by atoms with Crippen LogP contribution in [0.1, 0.15) is 6.42 Å². The average Bonchev–Trinajstić information content (AvgIpc) is 3.15. The van der Waals surface area contributed by atoms with Crippen LogP contribution in [0.3, 0.4) is 0 Å². The second kappa shape index (κ2) is 10.3. The number of nitrogens with zero attached hydrogens (tertiary/aromatic N) is 3. The molecule has 1 amide bonds. The summed E-state index contributed by atoms with van der Waals surface area (Å²) in [6, 6.07) is 17.3. The number of ether oxygens (including phenoxy) is 1. The average molecular weight is 417 g/mol. The van der Waals surface area contributed by atoms with Crippen molar-refractivity contribution in [1.29, 1.82) is 0 Å². The second-order valence-electron chi connectivity index (χ2n) is 5.97. The van der Waals surface area contributed by atoms with Crippen molar-refractivity contribution in [3.05, 3.63) is 59.6 Å². The number of nitrogens with one attached hydrogen (secondary N) is 1. The van der Waals surface area contributed by atoms with Crippen LogP contribution in [0.2, 0.25) is 5.02 Å². The summed E-state index contributed by atoms with van der Waals surface area (Å²) in [6.45, 7) is 1.22. The first-order valence-electron chi connectivity index (χ1n) is 8.84. The van der Waals surface area contributed by atoms with Gasteiger partial charge < -0.3 is 10.1 Å². The zero-order valence-corrected chi connectivity index (χ0v) is 17.0. The molecular formula is C20H21ClN4O2S. The molecule has 8 heteroatoms. The zero-order valence-electron chi connectivity index (χ0n) is 15.5. The number of carbonyl (C=O) groups is 1. The van der Waals surface area contributed by atoms with Crippen molar-refractivity contribution < 1.29 is 9.53 Å². The maximum absolute atomic E-state index is 12.1. The lowest BCUT2D eigenvalue weighted by atomic mass is 10.2. The molecule has 1 heterocycles. The van der Waals surface area contributed by atoms with Crippen LogP contribution in [-0.2, 0) is 9.53 Å². The van der Waals surface area contributed by atoms with Gasteiger partial charge in [-0.1, -0.05) is 41.6 Å². The molecule has 6 nitrogen and oxygen atoms in total. The van der Waals surface area contributed by atoms with Crippen LogP contribution < -0.4 is 5.32 Å². The summed E-state index contributed by atoms with van der Waals surface area (Å²) in [5.41, 5.74) is 1.83. The lowest BCUT2D eigenvalue weighted by Gasteiger charge is -2.10. The first kappa shape index (κ1) is 20.4. The smallest absolute Gasteiger partial charge is 0.230 e. The Kier molecular flexibility index (Phi) is 7.47. The van der Waals surface area contributed by atoms with Crippen LogP contribution in [0.4, 0.5) is 0 Å². The molecular weight excluding hydrogens is 396 g/mol. The highest BCUT2D eigenvalue weighted by atomic mass is 35.5.